The molecule has 0 unspecified atom stereocenters. The molecule has 1 aliphatic rings. The first-order valence-corrected chi connectivity index (χ1v) is 10.8. The number of methoxy groups -OCH3 is 2. The van der Waals surface area contributed by atoms with Gasteiger partial charge in [-0.25, -0.2) is 4.98 Å². The molecule has 2 heterocycles. The van der Waals surface area contributed by atoms with Crippen LogP contribution in [0.5, 0.6) is 17.2 Å². The maximum Gasteiger partial charge on any atom is 0.230 e. The van der Waals surface area contributed by atoms with E-state index in [0.29, 0.717) is 22.4 Å². The van der Waals surface area contributed by atoms with Gasteiger partial charge in [-0.2, -0.15) is 0 Å². The van der Waals surface area contributed by atoms with Gasteiger partial charge in [0, 0.05) is 19.6 Å². The molecule has 0 N–H and O–H groups in total. The average Bonchev–Trinajstić information content (AvgIpc) is 3.16. The van der Waals surface area contributed by atoms with Crippen molar-refractivity contribution in [1.29, 1.82) is 0 Å². The van der Waals surface area contributed by atoms with Crippen LogP contribution in [-0.2, 0) is 6.54 Å². The highest BCUT2D eigenvalue weighted by atomic mass is 35.5. The maximum atomic E-state index is 6.22. The van der Waals surface area contributed by atoms with Gasteiger partial charge < -0.3 is 18.6 Å². The first-order chi connectivity index (χ1) is 15.1. The number of hydrogen-bond donors (Lipinski definition) is 0. The third kappa shape index (κ3) is 4.81. The molecule has 7 heteroatoms. The molecule has 0 aliphatic carbocycles. The zero-order chi connectivity index (χ0) is 21.8. The van der Waals surface area contributed by atoms with E-state index >= 15 is 0 Å². The lowest BCUT2D eigenvalue weighted by Crippen LogP contribution is -2.38. The Labute approximate surface area is 187 Å². The van der Waals surface area contributed by atoms with Gasteiger partial charge in [0.1, 0.15) is 17.6 Å². The molecule has 164 valence electrons. The Hall–Kier alpha value is -2.70. The first-order valence-electron chi connectivity index (χ1n) is 10.4. The molecule has 0 radical (unpaired) electrons. The van der Waals surface area contributed by atoms with E-state index in [9.17, 15) is 0 Å². The minimum absolute atomic E-state index is 0.172. The van der Waals surface area contributed by atoms with E-state index < -0.39 is 0 Å². The number of para-hydroxylation sites is 2. The largest absolute Gasteiger partial charge is 0.493 e. The van der Waals surface area contributed by atoms with Crippen molar-refractivity contribution >= 4 is 11.6 Å². The molecule has 0 atom stereocenters. The normalized spacial score (nSPS) is 15.1. The van der Waals surface area contributed by atoms with Gasteiger partial charge >= 0.3 is 0 Å². The maximum absolute atomic E-state index is 6.22. The van der Waals surface area contributed by atoms with Crippen LogP contribution in [0.1, 0.15) is 24.3 Å². The molecule has 1 saturated heterocycles. The Morgan fingerprint density at radius 2 is 1.77 bits per heavy atom. The van der Waals surface area contributed by atoms with E-state index in [4.69, 9.17) is 35.2 Å². The van der Waals surface area contributed by atoms with Crippen molar-refractivity contribution < 1.29 is 18.6 Å². The minimum atomic E-state index is 0.172. The summed E-state index contributed by atoms with van der Waals surface area (Å²) in [6, 6.07) is 13.3. The lowest BCUT2D eigenvalue weighted by Gasteiger charge is -2.31. The number of halogens is 1. The van der Waals surface area contributed by atoms with Crippen LogP contribution in [0.4, 0.5) is 0 Å². The van der Waals surface area contributed by atoms with E-state index in [0.717, 1.165) is 55.2 Å². The summed E-state index contributed by atoms with van der Waals surface area (Å²) in [7, 11) is 3.24. The topological polar surface area (TPSA) is 57.0 Å². The zero-order valence-electron chi connectivity index (χ0n) is 18.1. The molecule has 4 rings (SSSR count). The van der Waals surface area contributed by atoms with Gasteiger partial charge in [0.15, 0.2) is 11.5 Å². The number of hydrogen-bond acceptors (Lipinski definition) is 6. The van der Waals surface area contributed by atoms with Crippen molar-refractivity contribution in [2.75, 3.05) is 27.3 Å². The van der Waals surface area contributed by atoms with E-state index in [1.54, 1.807) is 14.2 Å². The number of piperidine rings is 1. The van der Waals surface area contributed by atoms with E-state index in [-0.39, 0.29) is 6.10 Å². The molecular weight excluding hydrogens is 416 g/mol. The molecule has 0 amide bonds. The standard InChI is InChI=1S/C24H27ClN2O4/c1-16-20(26-24(30-16)18-7-6-10-22(28-2)23(18)29-3)15-27-13-11-17(12-14-27)31-21-9-5-4-8-19(21)25/h4-10,17H,11-15H2,1-3H3. The zero-order valence-corrected chi connectivity index (χ0v) is 18.8. The lowest BCUT2D eigenvalue weighted by atomic mass is 10.1. The molecule has 0 saturated carbocycles. The first kappa shape index (κ1) is 21.5. The van der Waals surface area contributed by atoms with Crippen molar-refractivity contribution in [3.63, 3.8) is 0 Å². The molecule has 1 fully saturated rings. The van der Waals surface area contributed by atoms with Gasteiger partial charge in [0.25, 0.3) is 0 Å². The van der Waals surface area contributed by atoms with E-state index in [1.165, 1.54) is 0 Å². The number of likely N-dealkylation sites (tertiary alicyclic amines) is 1. The van der Waals surface area contributed by atoms with Crippen LogP contribution in [-0.4, -0.2) is 43.3 Å². The molecule has 3 aromatic rings. The average molecular weight is 443 g/mol. The number of aryl methyl sites for hydroxylation is 1. The van der Waals surface area contributed by atoms with Gasteiger partial charge in [-0.1, -0.05) is 29.8 Å². The third-order valence-electron chi connectivity index (χ3n) is 5.56. The smallest absolute Gasteiger partial charge is 0.230 e. The predicted octanol–water partition coefficient (Wildman–Crippen LogP) is 5.36. The fourth-order valence-corrected chi connectivity index (χ4v) is 4.04. The molecule has 1 aromatic heterocycles. The van der Waals surface area contributed by atoms with Crippen molar-refractivity contribution in [3.8, 4) is 28.7 Å². The molecule has 6 nitrogen and oxygen atoms in total. The number of ether oxygens (including phenoxy) is 3. The van der Waals surface area contributed by atoms with Crippen LogP contribution >= 0.6 is 11.6 Å². The number of oxazole rings is 1. The second kappa shape index (κ2) is 9.62. The number of nitrogens with zero attached hydrogens (tertiary/aromatic N) is 2. The van der Waals surface area contributed by atoms with Crippen LogP contribution in [0.25, 0.3) is 11.5 Å². The summed E-state index contributed by atoms with van der Waals surface area (Å²) in [4.78, 5) is 7.14. The second-order valence-electron chi connectivity index (χ2n) is 7.59. The summed E-state index contributed by atoms with van der Waals surface area (Å²) < 4.78 is 23.0. The summed E-state index contributed by atoms with van der Waals surface area (Å²) in [5.41, 5.74) is 1.72. The van der Waals surface area contributed by atoms with Crippen LogP contribution in [0.3, 0.4) is 0 Å². The number of aromatic nitrogens is 1. The molecule has 2 aromatic carbocycles. The highest BCUT2D eigenvalue weighted by Crippen LogP contribution is 2.38. The van der Waals surface area contributed by atoms with Crippen molar-refractivity contribution in [2.45, 2.75) is 32.4 Å². The van der Waals surface area contributed by atoms with Crippen LogP contribution in [0, 0.1) is 6.92 Å². The summed E-state index contributed by atoms with van der Waals surface area (Å²) in [6.45, 7) is 4.55. The van der Waals surface area contributed by atoms with Gasteiger partial charge in [-0.05, 0) is 44.0 Å². The second-order valence-corrected chi connectivity index (χ2v) is 7.99. The van der Waals surface area contributed by atoms with Crippen molar-refractivity contribution in [3.05, 3.63) is 58.9 Å². The van der Waals surface area contributed by atoms with Gasteiger partial charge in [0.05, 0.1) is 30.5 Å². The third-order valence-corrected chi connectivity index (χ3v) is 5.88. The number of benzene rings is 2. The van der Waals surface area contributed by atoms with Crippen molar-refractivity contribution in [1.82, 2.24) is 9.88 Å². The summed E-state index contributed by atoms with van der Waals surface area (Å²) >= 11 is 6.22. The quantitative estimate of drug-likeness (QED) is 0.490. The Morgan fingerprint density at radius 3 is 2.48 bits per heavy atom. The van der Waals surface area contributed by atoms with Gasteiger partial charge in [-0.15, -0.1) is 0 Å². The molecule has 0 spiro atoms. The molecule has 31 heavy (non-hydrogen) atoms. The van der Waals surface area contributed by atoms with Gasteiger partial charge in [0.2, 0.25) is 5.89 Å². The van der Waals surface area contributed by atoms with Crippen LogP contribution in [0.15, 0.2) is 46.9 Å². The Kier molecular flexibility index (Phi) is 6.68. The monoisotopic (exact) mass is 442 g/mol. The van der Waals surface area contributed by atoms with Crippen molar-refractivity contribution in [2.24, 2.45) is 0 Å². The van der Waals surface area contributed by atoms with E-state index in [1.807, 2.05) is 49.4 Å². The van der Waals surface area contributed by atoms with Crippen LogP contribution in [0.2, 0.25) is 5.02 Å². The highest BCUT2D eigenvalue weighted by molar-refractivity contribution is 6.32. The summed E-state index contributed by atoms with van der Waals surface area (Å²) in [5.74, 6) is 3.38. The Morgan fingerprint density at radius 1 is 1.03 bits per heavy atom. The summed E-state index contributed by atoms with van der Waals surface area (Å²) in [5, 5.41) is 0.656. The van der Waals surface area contributed by atoms with Crippen LogP contribution < -0.4 is 14.2 Å². The molecule has 1 aliphatic heterocycles. The highest BCUT2D eigenvalue weighted by Gasteiger charge is 2.24. The van der Waals surface area contributed by atoms with Gasteiger partial charge in [-0.3, -0.25) is 4.90 Å². The minimum Gasteiger partial charge on any atom is -0.493 e. The molecule has 0 bridgehead atoms. The van der Waals surface area contributed by atoms with E-state index in [2.05, 4.69) is 4.90 Å². The lowest BCUT2D eigenvalue weighted by molar-refractivity contribution is 0.0960. The SMILES string of the molecule is COc1cccc(-c2nc(CN3CCC(Oc4ccccc4Cl)CC3)c(C)o2)c1OC. The fraction of sp³-hybridized carbons (Fsp3) is 0.375. The Balaban J connectivity index is 1.40. The fourth-order valence-electron chi connectivity index (χ4n) is 3.86. The Bertz CT molecular complexity index is 1030. The summed E-state index contributed by atoms with van der Waals surface area (Å²) in [6.07, 6.45) is 2.06. The number of rotatable bonds is 7. The molecular formula is C24H27ClN2O4. The predicted molar refractivity (Wildman–Crippen MR) is 120 cm³/mol.